The number of carbonyl (C=O) groups excluding carboxylic acids is 1. The van der Waals surface area contributed by atoms with Crippen molar-refractivity contribution in [2.75, 3.05) is 26.8 Å². The van der Waals surface area contributed by atoms with E-state index in [0.717, 1.165) is 6.07 Å². The van der Waals surface area contributed by atoms with Gasteiger partial charge in [-0.05, 0) is 24.8 Å². The van der Waals surface area contributed by atoms with E-state index in [1.54, 1.807) is 18.7 Å². The SMILES string of the molecule is COCCC(=O)N1CCCC(c2noc3nc(C(C)C)cc(C(F)(F)F)c23)C1. The van der Waals surface area contributed by atoms with Gasteiger partial charge in [-0.3, -0.25) is 4.79 Å². The topological polar surface area (TPSA) is 68.5 Å². The smallest absolute Gasteiger partial charge is 0.384 e. The van der Waals surface area contributed by atoms with Crippen LogP contribution in [0.3, 0.4) is 0 Å². The van der Waals surface area contributed by atoms with E-state index in [1.165, 1.54) is 7.11 Å². The molecule has 1 aliphatic heterocycles. The maximum atomic E-state index is 13.8. The number of hydrogen-bond donors (Lipinski definition) is 0. The minimum atomic E-state index is -4.55. The van der Waals surface area contributed by atoms with Gasteiger partial charge in [-0.15, -0.1) is 0 Å². The Bertz CT molecular complexity index is 848. The number of hydrogen-bond acceptors (Lipinski definition) is 5. The Labute approximate surface area is 161 Å². The van der Waals surface area contributed by atoms with E-state index in [2.05, 4.69) is 10.1 Å². The number of pyridine rings is 1. The summed E-state index contributed by atoms with van der Waals surface area (Å²) >= 11 is 0. The largest absolute Gasteiger partial charge is 0.417 e. The number of halogens is 3. The molecule has 1 saturated heterocycles. The fourth-order valence-corrected chi connectivity index (χ4v) is 3.56. The standard InChI is InChI=1S/C19H24F3N3O3/c1-11(2)14-9-13(19(20,21)22)16-17(24-28-18(16)23-14)12-5-4-7-25(10-12)15(26)6-8-27-3/h9,11-12H,4-8,10H2,1-3H3. The zero-order valence-electron chi connectivity index (χ0n) is 16.2. The van der Waals surface area contributed by atoms with Crippen molar-refractivity contribution in [2.45, 2.75) is 51.1 Å². The first-order chi connectivity index (χ1) is 13.2. The van der Waals surface area contributed by atoms with Gasteiger partial charge in [-0.2, -0.15) is 13.2 Å². The molecule has 0 radical (unpaired) electrons. The number of methoxy groups -OCH3 is 1. The van der Waals surface area contributed by atoms with Gasteiger partial charge in [0.25, 0.3) is 5.71 Å². The van der Waals surface area contributed by atoms with Crippen molar-refractivity contribution < 1.29 is 27.2 Å². The Hall–Kier alpha value is -2.16. The molecule has 1 unspecified atom stereocenters. The Morgan fingerprint density at radius 3 is 2.82 bits per heavy atom. The zero-order chi connectivity index (χ0) is 20.5. The molecule has 2 aromatic heterocycles. The van der Waals surface area contributed by atoms with Gasteiger partial charge < -0.3 is 14.2 Å². The third-order valence-electron chi connectivity index (χ3n) is 5.07. The highest BCUT2D eigenvalue weighted by Gasteiger charge is 2.38. The first-order valence-corrected chi connectivity index (χ1v) is 9.36. The van der Waals surface area contributed by atoms with E-state index in [4.69, 9.17) is 9.26 Å². The molecule has 28 heavy (non-hydrogen) atoms. The van der Waals surface area contributed by atoms with Gasteiger partial charge in [0.1, 0.15) is 0 Å². The number of alkyl halides is 3. The number of ether oxygens (including phenoxy) is 1. The van der Waals surface area contributed by atoms with Crippen LogP contribution in [0.2, 0.25) is 0 Å². The number of fused-ring (bicyclic) bond motifs is 1. The van der Waals surface area contributed by atoms with Crippen LogP contribution in [0.1, 0.15) is 61.9 Å². The highest BCUT2D eigenvalue weighted by atomic mass is 19.4. The molecule has 0 aliphatic carbocycles. The maximum Gasteiger partial charge on any atom is 0.417 e. The summed E-state index contributed by atoms with van der Waals surface area (Å²) in [7, 11) is 1.52. The van der Waals surface area contributed by atoms with Crippen molar-refractivity contribution in [1.82, 2.24) is 15.0 Å². The lowest BCUT2D eigenvalue weighted by atomic mass is 9.91. The third kappa shape index (κ3) is 4.14. The van der Waals surface area contributed by atoms with Crippen LogP contribution in [-0.2, 0) is 15.7 Å². The van der Waals surface area contributed by atoms with E-state index in [0.29, 0.717) is 38.2 Å². The Morgan fingerprint density at radius 2 is 2.18 bits per heavy atom. The molecule has 0 N–H and O–H groups in total. The summed E-state index contributed by atoms with van der Waals surface area (Å²) < 4.78 is 51.4. The van der Waals surface area contributed by atoms with Crippen LogP contribution in [-0.4, -0.2) is 47.8 Å². The predicted octanol–water partition coefficient (Wildman–Crippen LogP) is 4.11. The monoisotopic (exact) mass is 399 g/mol. The second-order valence-electron chi connectivity index (χ2n) is 7.42. The summed E-state index contributed by atoms with van der Waals surface area (Å²) in [6.07, 6.45) is -2.97. The van der Waals surface area contributed by atoms with Gasteiger partial charge in [0.05, 0.1) is 29.7 Å². The van der Waals surface area contributed by atoms with Crippen molar-refractivity contribution in [1.29, 1.82) is 0 Å². The van der Waals surface area contributed by atoms with Gasteiger partial charge in [-0.25, -0.2) is 4.98 Å². The summed E-state index contributed by atoms with van der Waals surface area (Å²) in [6.45, 7) is 4.75. The number of nitrogens with zero attached hydrogens (tertiary/aromatic N) is 3. The molecule has 0 bridgehead atoms. The quantitative estimate of drug-likeness (QED) is 0.757. The number of aromatic nitrogens is 2. The van der Waals surface area contributed by atoms with Crippen molar-refractivity contribution in [3.05, 3.63) is 23.0 Å². The fourth-order valence-electron chi connectivity index (χ4n) is 3.56. The van der Waals surface area contributed by atoms with Crippen molar-refractivity contribution in [3.63, 3.8) is 0 Å². The van der Waals surface area contributed by atoms with Gasteiger partial charge in [0.2, 0.25) is 5.91 Å². The van der Waals surface area contributed by atoms with Crippen LogP contribution in [0.4, 0.5) is 13.2 Å². The Balaban J connectivity index is 1.98. The summed E-state index contributed by atoms with van der Waals surface area (Å²) in [6, 6.07) is 1.08. The lowest BCUT2D eigenvalue weighted by Crippen LogP contribution is -2.39. The molecule has 2 aromatic rings. The van der Waals surface area contributed by atoms with Crippen LogP contribution < -0.4 is 0 Å². The second-order valence-corrected chi connectivity index (χ2v) is 7.42. The van der Waals surface area contributed by atoms with Crippen LogP contribution >= 0.6 is 0 Å². The number of rotatable bonds is 5. The predicted molar refractivity (Wildman–Crippen MR) is 95.9 cm³/mol. The molecule has 3 rings (SSSR count). The first kappa shape index (κ1) is 20.6. The van der Waals surface area contributed by atoms with Crippen LogP contribution in [0, 0.1) is 0 Å². The lowest BCUT2D eigenvalue weighted by Gasteiger charge is -2.32. The van der Waals surface area contributed by atoms with Crippen molar-refractivity contribution in [3.8, 4) is 0 Å². The number of piperidine rings is 1. The lowest BCUT2D eigenvalue weighted by molar-refractivity contribution is -0.136. The van der Waals surface area contributed by atoms with E-state index in [-0.39, 0.29) is 41.0 Å². The molecule has 3 heterocycles. The average molecular weight is 399 g/mol. The minimum Gasteiger partial charge on any atom is -0.384 e. The normalized spacial score (nSPS) is 18.2. The molecule has 0 saturated carbocycles. The fraction of sp³-hybridized carbons (Fsp3) is 0.632. The Kier molecular flexibility index (Phi) is 5.92. The van der Waals surface area contributed by atoms with Gasteiger partial charge in [-0.1, -0.05) is 19.0 Å². The third-order valence-corrected chi connectivity index (χ3v) is 5.07. The summed E-state index contributed by atoms with van der Waals surface area (Å²) in [5.74, 6) is -0.576. The molecule has 9 heteroatoms. The summed E-state index contributed by atoms with van der Waals surface area (Å²) in [5, 5.41) is 3.86. The number of carbonyl (C=O) groups is 1. The van der Waals surface area contributed by atoms with Crippen LogP contribution in [0.25, 0.3) is 11.1 Å². The van der Waals surface area contributed by atoms with Gasteiger partial charge in [0, 0.05) is 31.8 Å². The first-order valence-electron chi connectivity index (χ1n) is 9.36. The highest BCUT2D eigenvalue weighted by molar-refractivity contribution is 5.82. The van der Waals surface area contributed by atoms with E-state index in [9.17, 15) is 18.0 Å². The van der Waals surface area contributed by atoms with Crippen LogP contribution in [0.15, 0.2) is 10.6 Å². The summed E-state index contributed by atoms with van der Waals surface area (Å²) in [5.41, 5.74) is -0.339. The summed E-state index contributed by atoms with van der Waals surface area (Å²) in [4.78, 5) is 18.2. The van der Waals surface area contributed by atoms with E-state index in [1.807, 2.05) is 0 Å². The number of likely N-dealkylation sites (tertiary alicyclic amines) is 1. The molecule has 6 nitrogen and oxygen atoms in total. The molecule has 0 aromatic carbocycles. The molecule has 1 aliphatic rings. The molecule has 154 valence electrons. The van der Waals surface area contributed by atoms with Gasteiger partial charge in [0.15, 0.2) is 0 Å². The molecule has 0 spiro atoms. The second kappa shape index (κ2) is 8.06. The average Bonchev–Trinajstić information content (AvgIpc) is 3.08. The van der Waals surface area contributed by atoms with Crippen molar-refractivity contribution >= 4 is 17.0 Å². The van der Waals surface area contributed by atoms with E-state index < -0.39 is 11.7 Å². The highest BCUT2D eigenvalue weighted by Crippen LogP contribution is 2.40. The maximum absolute atomic E-state index is 13.8. The molecular weight excluding hydrogens is 375 g/mol. The molecule has 1 amide bonds. The molecule has 1 atom stereocenters. The van der Waals surface area contributed by atoms with E-state index >= 15 is 0 Å². The minimum absolute atomic E-state index is 0.0735. The molecule has 1 fully saturated rings. The zero-order valence-corrected chi connectivity index (χ0v) is 16.2. The van der Waals surface area contributed by atoms with Crippen LogP contribution in [0.5, 0.6) is 0 Å². The molecular formula is C19H24F3N3O3. The Morgan fingerprint density at radius 1 is 1.43 bits per heavy atom. The van der Waals surface area contributed by atoms with Crippen molar-refractivity contribution in [2.24, 2.45) is 0 Å². The van der Waals surface area contributed by atoms with Gasteiger partial charge >= 0.3 is 6.18 Å². The number of amides is 1.